The van der Waals surface area contributed by atoms with E-state index in [0.717, 1.165) is 25.0 Å². The molecule has 0 atom stereocenters. The first-order chi connectivity index (χ1) is 8.12. The number of nitrogens with zero attached hydrogens (tertiary/aromatic N) is 2. The van der Waals surface area contributed by atoms with Crippen LogP contribution < -0.4 is 0 Å². The van der Waals surface area contributed by atoms with Crippen LogP contribution in [0.3, 0.4) is 0 Å². The molecule has 2 rings (SSSR count). The minimum atomic E-state index is -0.0448. The Kier molecular flexibility index (Phi) is 3.65. The van der Waals surface area contributed by atoms with Gasteiger partial charge in [-0.2, -0.15) is 5.10 Å². The average molecular weight is 234 g/mol. The number of aryl methyl sites for hydroxylation is 2. The summed E-state index contributed by atoms with van der Waals surface area (Å²) in [6.45, 7) is 2.15. The maximum atomic E-state index is 12.3. The highest BCUT2D eigenvalue weighted by Crippen LogP contribution is 2.37. The number of carbonyl (C=O) groups excluding carboxylic acids is 1. The Labute approximate surface area is 103 Å². The molecule has 94 valence electrons. The van der Waals surface area contributed by atoms with Crippen molar-refractivity contribution in [3.63, 3.8) is 0 Å². The third-order valence-corrected chi connectivity index (χ3v) is 4.16. The summed E-state index contributed by atoms with van der Waals surface area (Å²) >= 11 is 0. The Bertz CT molecular complexity index is 389. The van der Waals surface area contributed by atoms with E-state index in [4.69, 9.17) is 0 Å². The largest absolute Gasteiger partial charge is 0.299 e. The Morgan fingerprint density at radius 1 is 1.41 bits per heavy atom. The van der Waals surface area contributed by atoms with E-state index in [1.54, 1.807) is 6.20 Å². The van der Waals surface area contributed by atoms with E-state index in [0.29, 0.717) is 12.2 Å². The molecule has 1 saturated carbocycles. The number of hydrogen-bond donors (Lipinski definition) is 0. The molecule has 0 amide bonds. The zero-order chi connectivity index (χ0) is 12.3. The van der Waals surface area contributed by atoms with Gasteiger partial charge in [0.05, 0.1) is 0 Å². The first kappa shape index (κ1) is 12.3. The van der Waals surface area contributed by atoms with Crippen LogP contribution in [0.4, 0.5) is 0 Å². The van der Waals surface area contributed by atoms with Crippen LogP contribution in [0.15, 0.2) is 12.3 Å². The number of aromatic nitrogens is 2. The Hall–Kier alpha value is -1.12. The lowest BCUT2D eigenvalue weighted by atomic mass is 9.71. The predicted molar refractivity (Wildman–Crippen MR) is 67.7 cm³/mol. The number of Topliss-reactive ketones (excluding diaryl/α,β-unsaturated/α-hetero) is 1. The van der Waals surface area contributed by atoms with E-state index in [1.165, 1.54) is 19.3 Å². The van der Waals surface area contributed by atoms with Crippen LogP contribution in [0, 0.1) is 5.41 Å². The highest BCUT2D eigenvalue weighted by Gasteiger charge is 2.33. The number of hydrogen-bond acceptors (Lipinski definition) is 2. The summed E-state index contributed by atoms with van der Waals surface area (Å²) in [6, 6.07) is 2.00. The maximum absolute atomic E-state index is 12.3. The van der Waals surface area contributed by atoms with Gasteiger partial charge in [0, 0.05) is 30.8 Å². The second kappa shape index (κ2) is 5.03. The molecule has 3 nitrogen and oxygen atoms in total. The van der Waals surface area contributed by atoms with Crippen molar-refractivity contribution >= 4 is 5.78 Å². The van der Waals surface area contributed by atoms with E-state index >= 15 is 0 Å². The first-order valence-electron chi connectivity index (χ1n) is 6.62. The molecule has 3 heteroatoms. The number of ketones is 1. The number of rotatable bonds is 4. The fourth-order valence-corrected chi connectivity index (χ4v) is 2.80. The molecule has 0 unspecified atom stereocenters. The van der Waals surface area contributed by atoms with Crippen LogP contribution in [-0.4, -0.2) is 15.6 Å². The molecule has 0 spiro atoms. The summed E-state index contributed by atoms with van der Waals surface area (Å²) in [5, 5.41) is 4.13. The SMILES string of the molecule is Cn1nccc1CCC(=O)C1(C)CCCCC1. The van der Waals surface area contributed by atoms with Crippen LogP contribution in [0.25, 0.3) is 0 Å². The second-order valence-corrected chi connectivity index (χ2v) is 5.49. The lowest BCUT2D eigenvalue weighted by molar-refractivity contribution is -0.129. The molecule has 0 bridgehead atoms. The van der Waals surface area contributed by atoms with Crippen LogP contribution in [0.5, 0.6) is 0 Å². The van der Waals surface area contributed by atoms with Gasteiger partial charge in [0.25, 0.3) is 0 Å². The van der Waals surface area contributed by atoms with Crippen molar-refractivity contribution in [1.29, 1.82) is 0 Å². The van der Waals surface area contributed by atoms with Gasteiger partial charge in [-0.1, -0.05) is 26.2 Å². The Morgan fingerprint density at radius 2 is 2.12 bits per heavy atom. The normalized spacial score (nSPS) is 19.2. The smallest absolute Gasteiger partial charge is 0.139 e. The van der Waals surface area contributed by atoms with Crippen molar-refractivity contribution in [3.8, 4) is 0 Å². The van der Waals surface area contributed by atoms with Crippen molar-refractivity contribution in [3.05, 3.63) is 18.0 Å². The van der Waals surface area contributed by atoms with Crippen molar-refractivity contribution in [1.82, 2.24) is 9.78 Å². The summed E-state index contributed by atoms with van der Waals surface area (Å²) < 4.78 is 1.86. The highest BCUT2D eigenvalue weighted by molar-refractivity contribution is 5.84. The van der Waals surface area contributed by atoms with E-state index in [9.17, 15) is 4.79 Å². The zero-order valence-electron chi connectivity index (χ0n) is 10.9. The molecule has 1 aliphatic carbocycles. The average Bonchev–Trinajstić information content (AvgIpc) is 2.73. The molecule has 0 aliphatic heterocycles. The van der Waals surface area contributed by atoms with Gasteiger partial charge in [-0.05, 0) is 25.3 Å². The molecule has 0 radical (unpaired) electrons. The fraction of sp³-hybridized carbons (Fsp3) is 0.714. The standard InChI is InChI=1S/C14H22N2O/c1-14(9-4-3-5-10-14)13(17)7-6-12-8-11-15-16(12)2/h8,11H,3-7,9-10H2,1-2H3. The van der Waals surface area contributed by atoms with Gasteiger partial charge < -0.3 is 0 Å². The second-order valence-electron chi connectivity index (χ2n) is 5.49. The molecule has 1 aliphatic rings. The quantitative estimate of drug-likeness (QED) is 0.803. The van der Waals surface area contributed by atoms with Crippen molar-refractivity contribution in [2.45, 2.75) is 51.9 Å². The van der Waals surface area contributed by atoms with Gasteiger partial charge in [0.1, 0.15) is 5.78 Å². The lowest BCUT2D eigenvalue weighted by Gasteiger charge is -2.32. The molecule has 1 aromatic rings. The third kappa shape index (κ3) is 2.76. The van der Waals surface area contributed by atoms with Gasteiger partial charge in [0.2, 0.25) is 0 Å². The summed E-state index contributed by atoms with van der Waals surface area (Å²) in [5.41, 5.74) is 1.11. The fourth-order valence-electron chi connectivity index (χ4n) is 2.80. The summed E-state index contributed by atoms with van der Waals surface area (Å²) in [4.78, 5) is 12.3. The molecule has 1 aromatic heterocycles. The molecule has 0 N–H and O–H groups in total. The molecule has 0 saturated heterocycles. The topological polar surface area (TPSA) is 34.9 Å². The molecular formula is C14H22N2O. The van der Waals surface area contributed by atoms with Gasteiger partial charge in [-0.15, -0.1) is 0 Å². The summed E-state index contributed by atoms with van der Waals surface area (Å²) in [6.07, 6.45) is 9.17. The van der Waals surface area contributed by atoms with Crippen LogP contribution >= 0.6 is 0 Å². The van der Waals surface area contributed by atoms with Crippen molar-refractivity contribution in [2.75, 3.05) is 0 Å². The van der Waals surface area contributed by atoms with Gasteiger partial charge in [0.15, 0.2) is 0 Å². The van der Waals surface area contributed by atoms with E-state index in [2.05, 4.69) is 12.0 Å². The minimum Gasteiger partial charge on any atom is -0.299 e. The van der Waals surface area contributed by atoms with Crippen molar-refractivity contribution < 1.29 is 4.79 Å². The van der Waals surface area contributed by atoms with E-state index in [1.807, 2.05) is 17.8 Å². The molecule has 1 heterocycles. The predicted octanol–water partition coefficient (Wildman–Crippen LogP) is 2.89. The molecule has 0 aromatic carbocycles. The first-order valence-corrected chi connectivity index (χ1v) is 6.62. The minimum absolute atomic E-state index is 0.0448. The van der Waals surface area contributed by atoms with Gasteiger partial charge >= 0.3 is 0 Å². The summed E-state index contributed by atoms with van der Waals surface area (Å²) in [7, 11) is 1.93. The monoisotopic (exact) mass is 234 g/mol. The summed E-state index contributed by atoms with van der Waals surface area (Å²) in [5.74, 6) is 0.443. The Morgan fingerprint density at radius 3 is 2.71 bits per heavy atom. The molecule has 17 heavy (non-hydrogen) atoms. The molecular weight excluding hydrogens is 212 g/mol. The maximum Gasteiger partial charge on any atom is 0.139 e. The van der Waals surface area contributed by atoms with Gasteiger partial charge in [-0.25, -0.2) is 0 Å². The lowest BCUT2D eigenvalue weighted by Crippen LogP contribution is -2.30. The zero-order valence-corrected chi connectivity index (χ0v) is 10.9. The van der Waals surface area contributed by atoms with E-state index < -0.39 is 0 Å². The van der Waals surface area contributed by atoms with Crippen LogP contribution in [-0.2, 0) is 18.3 Å². The van der Waals surface area contributed by atoms with Crippen LogP contribution in [0.1, 0.15) is 51.1 Å². The number of carbonyl (C=O) groups is 1. The third-order valence-electron chi connectivity index (χ3n) is 4.16. The van der Waals surface area contributed by atoms with Gasteiger partial charge in [-0.3, -0.25) is 9.48 Å². The highest BCUT2D eigenvalue weighted by atomic mass is 16.1. The van der Waals surface area contributed by atoms with Crippen LogP contribution in [0.2, 0.25) is 0 Å². The Balaban J connectivity index is 1.91. The van der Waals surface area contributed by atoms with E-state index in [-0.39, 0.29) is 5.41 Å². The van der Waals surface area contributed by atoms with Crippen molar-refractivity contribution in [2.24, 2.45) is 12.5 Å². The molecule has 1 fully saturated rings.